The van der Waals surface area contributed by atoms with Crippen LogP contribution in [0.1, 0.15) is 22.8 Å². The van der Waals surface area contributed by atoms with E-state index in [-0.39, 0.29) is 23.2 Å². The molecule has 3 aromatic carbocycles. The van der Waals surface area contributed by atoms with Gasteiger partial charge in [-0.05, 0) is 48.4 Å². The number of carbonyl (C=O) groups excluding carboxylic acids is 1. The first kappa shape index (κ1) is 28.8. The normalized spacial score (nSPS) is 14.1. The van der Waals surface area contributed by atoms with Gasteiger partial charge in [0, 0.05) is 50.5 Å². The topological polar surface area (TPSA) is 94.6 Å². The van der Waals surface area contributed by atoms with E-state index in [2.05, 4.69) is 45.0 Å². The molecule has 0 bridgehead atoms. The number of halogens is 1. The van der Waals surface area contributed by atoms with Crippen LogP contribution in [0.25, 0.3) is 10.2 Å². The number of para-hydroxylation sites is 1. The molecule has 1 aliphatic rings. The zero-order chi connectivity index (χ0) is 26.5. The van der Waals surface area contributed by atoms with Crippen molar-refractivity contribution in [2.75, 3.05) is 48.9 Å². The molecule has 5 rings (SSSR count). The lowest BCUT2D eigenvalue weighted by Crippen LogP contribution is -2.48. The van der Waals surface area contributed by atoms with Crippen LogP contribution in [0.2, 0.25) is 0 Å². The summed E-state index contributed by atoms with van der Waals surface area (Å²) in [4.78, 5) is 22.5. The quantitative estimate of drug-likeness (QED) is 0.297. The van der Waals surface area contributed by atoms with Gasteiger partial charge in [-0.15, -0.1) is 12.4 Å². The second kappa shape index (κ2) is 12.8. The SMILES string of the molecule is CCc1cccc2sc(N3CCN(CCNC(=O)c4cccc(NS(=O)(=O)c5ccccc5)c4)CC3)nc12.Cl. The van der Waals surface area contributed by atoms with E-state index in [1.165, 1.54) is 22.4 Å². The van der Waals surface area contributed by atoms with E-state index in [4.69, 9.17) is 4.98 Å². The lowest BCUT2D eigenvalue weighted by molar-refractivity contribution is 0.0948. The van der Waals surface area contributed by atoms with Crippen LogP contribution >= 0.6 is 23.7 Å². The number of benzene rings is 3. The van der Waals surface area contributed by atoms with Crippen LogP contribution in [-0.4, -0.2) is 63.5 Å². The number of piperazine rings is 1. The van der Waals surface area contributed by atoms with Gasteiger partial charge in [0.05, 0.1) is 15.1 Å². The summed E-state index contributed by atoms with van der Waals surface area (Å²) in [5.41, 5.74) is 3.17. The molecule has 11 heteroatoms. The van der Waals surface area contributed by atoms with E-state index in [1.807, 2.05) is 0 Å². The number of hydrogen-bond acceptors (Lipinski definition) is 7. The third kappa shape index (κ3) is 6.88. The number of thiazole rings is 1. The van der Waals surface area contributed by atoms with Crippen molar-refractivity contribution in [3.8, 4) is 0 Å². The zero-order valence-electron chi connectivity index (χ0n) is 21.7. The van der Waals surface area contributed by atoms with Crippen LogP contribution in [0, 0.1) is 0 Å². The molecule has 8 nitrogen and oxygen atoms in total. The van der Waals surface area contributed by atoms with E-state index >= 15 is 0 Å². The number of fused-ring (bicyclic) bond motifs is 1. The highest BCUT2D eigenvalue weighted by atomic mass is 35.5. The molecule has 1 amide bonds. The maximum Gasteiger partial charge on any atom is 0.261 e. The van der Waals surface area contributed by atoms with Crippen LogP contribution in [0.5, 0.6) is 0 Å². The Morgan fingerprint density at radius 2 is 1.72 bits per heavy atom. The molecule has 0 radical (unpaired) electrons. The fourth-order valence-electron chi connectivity index (χ4n) is 4.54. The van der Waals surface area contributed by atoms with Crippen LogP contribution < -0.4 is 14.9 Å². The van der Waals surface area contributed by atoms with Gasteiger partial charge in [0.15, 0.2) is 5.13 Å². The lowest BCUT2D eigenvalue weighted by atomic mass is 10.1. The average Bonchev–Trinajstić information content (AvgIpc) is 3.38. The maximum absolute atomic E-state index is 12.7. The highest BCUT2D eigenvalue weighted by Gasteiger charge is 2.20. The predicted octanol–water partition coefficient (Wildman–Crippen LogP) is 4.63. The van der Waals surface area contributed by atoms with E-state index < -0.39 is 10.0 Å². The summed E-state index contributed by atoms with van der Waals surface area (Å²) in [7, 11) is -3.72. The van der Waals surface area contributed by atoms with Crippen molar-refractivity contribution in [1.82, 2.24) is 15.2 Å². The van der Waals surface area contributed by atoms with Crippen molar-refractivity contribution in [2.24, 2.45) is 0 Å². The Morgan fingerprint density at radius 3 is 2.46 bits per heavy atom. The first-order valence-corrected chi connectivity index (χ1v) is 15.0. The summed E-state index contributed by atoms with van der Waals surface area (Å²) in [6.07, 6.45) is 0.980. The highest BCUT2D eigenvalue weighted by molar-refractivity contribution is 7.92. The molecule has 0 aliphatic carbocycles. The fraction of sp³-hybridized carbons (Fsp3) is 0.286. The molecule has 1 aliphatic heterocycles. The monoisotopic (exact) mass is 585 g/mol. The molecule has 0 spiro atoms. The predicted molar refractivity (Wildman–Crippen MR) is 161 cm³/mol. The lowest BCUT2D eigenvalue weighted by Gasteiger charge is -2.34. The van der Waals surface area contributed by atoms with Crippen molar-refractivity contribution in [3.63, 3.8) is 0 Å². The third-order valence-electron chi connectivity index (χ3n) is 6.66. The second-order valence-corrected chi connectivity index (χ2v) is 11.9. The summed E-state index contributed by atoms with van der Waals surface area (Å²) in [6.45, 7) is 7.04. The Kier molecular flexibility index (Phi) is 9.45. The zero-order valence-corrected chi connectivity index (χ0v) is 24.1. The molecule has 0 saturated carbocycles. The molecule has 0 unspecified atom stereocenters. The molecule has 206 valence electrons. The number of hydrogen-bond donors (Lipinski definition) is 2. The summed E-state index contributed by atoms with van der Waals surface area (Å²) < 4.78 is 29.0. The summed E-state index contributed by atoms with van der Waals surface area (Å²) in [6, 6.07) is 21.1. The minimum absolute atomic E-state index is 0. The number of nitrogens with zero attached hydrogens (tertiary/aromatic N) is 3. The molecule has 39 heavy (non-hydrogen) atoms. The van der Waals surface area contributed by atoms with Gasteiger partial charge in [-0.25, -0.2) is 13.4 Å². The molecule has 2 N–H and O–H groups in total. The Labute approximate surface area is 239 Å². The number of aryl methyl sites for hydroxylation is 1. The standard InChI is InChI=1S/C28H31N5O3S2.ClH/c1-2-21-8-7-13-25-26(21)30-28(37-25)33-18-16-32(17-19-33)15-14-29-27(34)22-9-6-10-23(20-22)31-38(35,36)24-11-4-3-5-12-24;/h3-13,20,31H,2,14-19H2,1H3,(H,29,34);1H. The molecule has 0 atom stereocenters. The largest absolute Gasteiger partial charge is 0.351 e. The number of sulfonamides is 1. The van der Waals surface area contributed by atoms with Crippen molar-refractivity contribution in [2.45, 2.75) is 18.2 Å². The van der Waals surface area contributed by atoms with Gasteiger partial charge in [0.2, 0.25) is 0 Å². The first-order valence-electron chi connectivity index (χ1n) is 12.7. The number of amides is 1. The second-order valence-electron chi connectivity index (χ2n) is 9.20. The minimum atomic E-state index is -3.72. The van der Waals surface area contributed by atoms with E-state index in [9.17, 15) is 13.2 Å². The first-order chi connectivity index (χ1) is 18.4. The average molecular weight is 586 g/mol. The Morgan fingerprint density at radius 1 is 0.974 bits per heavy atom. The molecule has 1 saturated heterocycles. The van der Waals surface area contributed by atoms with E-state index in [1.54, 1.807) is 53.8 Å². The maximum atomic E-state index is 12.7. The molecule has 1 fully saturated rings. The summed E-state index contributed by atoms with van der Waals surface area (Å²) >= 11 is 1.75. The van der Waals surface area contributed by atoms with Crippen molar-refractivity contribution < 1.29 is 13.2 Å². The number of aromatic nitrogens is 1. The fourth-order valence-corrected chi connectivity index (χ4v) is 6.68. The van der Waals surface area contributed by atoms with Crippen molar-refractivity contribution in [1.29, 1.82) is 0 Å². The molecule has 4 aromatic rings. The molecular formula is C28H32ClN5O3S2. The Balaban J connectivity index is 0.00000353. The van der Waals surface area contributed by atoms with E-state index in [0.29, 0.717) is 17.8 Å². The Bertz CT molecular complexity index is 1520. The minimum Gasteiger partial charge on any atom is -0.351 e. The summed E-state index contributed by atoms with van der Waals surface area (Å²) in [5.74, 6) is -0.231. The number of anilines is 2. The van der Waals surface area contributed by atoms with Gasteiger partial charge >= 0.3 is 0 Å². The third-order valence-corrected chi connectivity index (χ3v) is 9.14. The Hall–Kier alpha value is -3.18. The van der Waals surface area contributed by atoms with E-state index in [0.717, 1.165) is 49.8 Å². The van der Waals surface area contributed by atoms with Gasteiger partial charge in [0.25, 0.3) is 15.9 Å². The van der Waals surface area contributed by atoms with Gasteiger partial charge in [-0.3, -0.25) is 14.4 Å². The van der Waals surface area contributed by atoms with Gasteiger partial charge in [-0.1, -0.05) is 54.7 Å². The molecular weight excluding hydrogens is 554 g/mol. The van der Waals surface area contributed by atoms with Crippen LogP contribution in [-0.2, 0) is 16.4 Å². The van der Waals surface area contributed by atoms with Gasteiger partial charge in [-0.2, -0.15) is 0 Å². The molecule has 1 aromatic heterocycles. The van der Waals surface area contributed by atoms with Crippen molar-refractivity contribution in [3.05, 3.63) is 83.9 Å². The van der Waals surface area contributed by atoms with Gasteiger partial charge in [0.1, 0.15) is 0 Å². The summed E-state index contributed by atoms with van der Waals surface area (Å²) in [5, 5.41) is 4.04. The highest BCUT2D eigenvalue weighted by Crippen LogP contribution is 2.31. The van der Waals surface area contributed by atoms with Gasteiger partial charge < -0.3 is 10.2 Å². The number of nitrogens with one attached hydrogen (secondary N) is 2. The van der Waals surface area contributed by atoms with Crippen LogP contribution in [0.4, 0.5) is 10.8 Å². The number of carbonyl (C=O) groups is 1. The van der Waals surface area contributed by atoms with Crippen LogP contribution in [0.15, 0.2) is 77.7 Å². The van der Waals surface area contributed by atoms with Crippen LogP contribution in [0.3, 0.4) is 0 Å². The number of rotatable bonds is 9. The van der Waals surface area contributed by atoms with Crippen molar-refractivity contribution >= 4 is 60.7 Å². The molecule has 2 heterocycles. The smallest absolute Gasteiger partial charge is 0.261 e.